The number of nitrogens with one attached hydrogen (secondary N) is 1. The SMILES string of the molecule is CCN(CCC(F)(F)F)C(=O)c1c(C)[nH]c2ccc(OC)cc12. The van der Waals surface area contributed by atoms with Gasteiger partial charge in [-0.2, -0.15) is 13.2 Å². The highest BCUT2D eigenvalue weighted by Gasteiger charge is 2.30. The van der Waals surface area contributed by atoms with E-state index in [0.29, 0.717) is 22.4 Å². The summed E-state index contributed by atoms with van der Waals surface area (Å²) >= 11 is 0. The van der Waals surface area contributed by atoms with Gasteiger partial charge in [0.25, 0.3) is 5.91 Å². The van der Waals surface area contributed by atoms with Crippen LogP contribution in [-0.2, 0) is 0 Å². The predicted octanol–water partition coefficient (Wildman–Crippen LogP) is 3.90. The van der Waals surface area contributed by atoms with E-state index in [2.05, 4.69) is 4.98 Å². The monoisotopic (exact) mass is 328 g/mol. The Kier molecular flexibility index (Phi) is 4.87. The molecule has 0 unspecified atom stereocenters. The second-order valence-corrected chi connectivity index (χ2v) is 5.29. The van der Waals surface area contributed by atoms with E-state index < -0.39 is 18.5 Å². The molecule has 1 aromatic heterocycles. The zero-order valence-corrected chi connectivity index (χ0v) is 13.3. The highest BCUT2D eigenvalue weighted by Crippen LogP contribution is 2.28. The van der Waals surface area contributed by atoms with Crippen molar-refractivity contribution in [3.63, 3.8) is 0 Å². The summed E-state index contributed by atoms with van der Waals surface area (Å²) in [6.45, 7) is 3.26. The number of aromatic amines is 1. The number of H-pyrrole nitrogens is 1. The van der Waals surface area contributed by atoms with Crippen LogP contribution in [0.25, 0.3) is 10.9 Å². The molecule has 1 aromatic carbocycles. The molecule has 2 rings (SSSR count). The third kappa shape index (κ3) is 3.78. The molecule has 0 aliphatic rings. The first-order chi connectivity index (χ1) is 10.8. The summed E-state index contributed by atoms with van der Waals surface area (Å²) in [6, 6.07) is 5.25. The van der Waals surface area contributed by atoms with Gasteiger partial charge in [-0.3, -0.25) is 4.79 Å². The molecule has 1 heterocycles. The molecule has 7 heteroatoms. The van der Waals surface area contributed by atoms with Gasteiger partial charge in [-0.15, -0.1) is 0 Å². The topological polar surface area (TPSA) is 45.3 Å². The molecule has 0 aliphatic carbocycles. The third-order valence-electron chi connectivity index (χ3n) is 3.74. The zero-order valence-electron chi connectivity index (χ0n) is 13.3. The first-order valence-corrected chi connectivity index (χ1v) is 7.29. The average molecular weight is 328 g/mol. The molecule has 126 valence electrons. The van der Waals surface area contributed by atoms with Crippen LogP contribution in [-0.4, -0.2) is 42.2 Å². The minimum Gasteiger partial charge on any atom is -0.497 e. The lowest BCUT2D eigenvalue weighted by atomic mass is 10.1. The van der Waals surface area contributed by atoms with Crippen molar-refractivity contribution in [2.45, 2.75) is 26.4 Å². The number of carbonyl (C=O) groups is 1. The van der Waals surface area contributed by atoms with Crippen LogP contribution < -0.4 is 4.74 Å². The van der Waals surface area contributed by atoms with Gasteiger partial charge in [-0.05, 0) is 32.0 Å². The third-order valence-corrected chi connectivity index (χ3v) is 3.74. The van der Waals surface area contributed by atoms with Gasteiger partial charge in [-0.1, -0.05) is 0 Å². The first kappa shape index (κ1) is 17.2. The summed E-state index contributed by atoms with van der Waals surface area (Å²) in [5.41, 5.74) is 1.77. The second kappa shape index (κ2) is 6.52. The molecule has 23 heavy (non-hydrogen) atoms. The van der Waals surface area contributed by atoms with E-state index in [1.165, 1.54) is 12.0 Å². The van der Waals surface area contributed by atoms with Gasteiger partial charge in [0.05, 0.1) is 19.1 Å². The Labute approximate surface area is 132 Å². The molecular weight excluding hydrogens is 309 g/mol. The van der Waals surface area contributed by atoms with E-state index in [-0.39, 0.29) is 13.1 Å². The lowest BCUT2D eigenvalue weighted by molar-refractivity contribution is -0.136. The van der Waals surface area contributed by atoms with Crippen LogP contribution >= 0.6 is 0 Å². The molecule has 1 amide bonds. The van der Waals surface area contributed by atoms with Crippen LogP contribution in [0.1, 0.15) is 29.4 Å². The number of methoxy groups -OCH3 is 1. The summed E-state index contributed by atoms with van der Waals surface area (Å²) < 4.78 is 42.4. The zero-order chi connectivity index (χ0) is 17.2. The Morgan fingerprint density at radius 1 is 1.35 bits per heavy atom. The molecule has 0 radical (unpaired) electrons. The Balaban J connectivity index is 2.37. The van der Waals surface area contributed by atoms with Gasteiger partial charge in [0.15, 0.2) is 0 Å². The van der Waals surface area contributed by atoms with Crippen molar-refractivity contribution >= 4 is 16.8 Å². The average Bonchev–Trinajstić information content (AvgIpc) is 2.81. The van der Waals surface area contributed by atoms with Crippen LogP contribution in [0, 0.1) is 6.92 Å². The summed E-state index contributed by atoms with van der Waals surface area (Å²) in [5.74, 6) is 0.178. The Hall–Kier alpha value is -2.18. The molecule has 2 aromatic rings. The highest BCUT2D eigenvalue weighted by molar-refractivity contribution is 6.08. The Morgan fingerprint density at radius 2 is 2.04 bits per heavy atom. The number of aromatic nitrogens is 1. The van der Waals surface area contributed by atoms with E-state index in [1.807, 2.05) is 0 Å². The molecule has 0 saturated heterocycles. The lowest BCUT2D eigenvalue weighted by Crippen LogP contribution is -2.34. The number of halogens is 3. The van der Waals surface area contributed by atoms with Crippen molar-refractivity contribution in [2.24, 2.45) is 0 Å². The van der Waals surface area contributed by atoms with E-state index in [1.54, 1.807) is 32.0 Å². The number of nitrogens with zero attached hydrogens (tertiary/aromatic N) is 1. The number of hydrogen-bond acceptors (Lipinski definition) is 2. The molecular formula is C16H19F3N2O2. The van der Waals surface area contributed by atoms with Crippen molar-refractivity contribution in [1.82, 2.24) is 9.88 Å². The minimum atomic E-state index is -4.29. The summed E-state index contributed by atoms with van der Waals surface area (Å²) in [7, 11) is 1.52. The maximum absolute atomic E-state index is 12.7. The largest absolute Gasteiger partial charge is 0.497 e. The van der Waals surface area contributed by atoms with Crippen molar-refractivity contribution in [1.29, 1.82) is 0 Å². The van der Waals surface area contributed by atoms with E-state index in [0.717, 1.165) is 5.52 Å². The van der Waals surface area contributed by atoms with Crippen molar-refractivity contribution in [3.05, 3.63) is 29.5 Å². The molecule has 1 N–H and O–H groups in total. The van der Waals surface area contributed by atoms with Crippen LogP contribution in [0.15, 0.2) is 18.2 Å². The van der Waals surface area contributed by atoms with E-state index >= 15 is 0 Å². The number of alkyl halides is 3. The standard InChI is InChI=1S/C16H19F3N2O2/c1-4-21(8-7-16(17,18)19)15(22)14-10(2)20-13-6-5-11(23-3)9-12(13)14/h5-6,9,20H,4,7-8H2,1-3H3. The van der Waals surface area contributed by atoms with Gasteiger partial charge in [0.1, 0.15) is 5.75 Å². The van der Waals surface area contributed by atoms with Crippen molar-refractivity contribution in [2.75, 3.05) is 20.2 Å². The Morgan fingerprint density at radius 3 is 2.61 bits per heavy atom. The molecule has 0 fully saturated rings. The number of aryl methyl sites for hydroxylation is 1. The summed E-state index contributed by atoms with van der Waals surface area (Å²) in [6.07, 6.45) is -5.30. The molecule has 0 aliphatic heterocycles. The lowest BCUT2D eigenvalue weighted by Gasteiger charge is -2.22. The van der Waals surface area contributed by atoms with Gasteiger partial charge in [-0.25, -0.2) is 0 Å². The van der Waals surface area contributed by atoms with Crippen LogP contribution in [0.3, 0.4) is 0 Å². The fourth-order valence-corrected chi connectivity index (χ4v) is 2.53. The van der Waals surface area contributed by atoms with Crippen LogP contribution in [0.4, 0.5) is 13.2 Å². The minimum absolute atomic E-state index is 0.213. The predicted molar refractivity (Wildman–Crippen MR) is 81.8 cm³/mol. The summed E-state index contributed by atoms with van der Waals surface area (Å²) in [4.78, 5) is 17.0. The Bertz CT molecular complexity index is 707. The fraction of sp³-hybridized carbons (Fsp3) is 0.438. The van der Waals surface area contributed by atoms with Gasteiger partial charge < -0.3 is 14.6 Å². The van der Waals surface area contributed by atoms with Crippen LogP contribution in [0.2, 0.25) is 0 Å². The van der Waals surface area contributed by atoms with Crippen LogP contribution in [0.5, 0.6) is 5.75 Å². The summed E-state index contributed by atoms with van der Waals surface area (Å²) in [5, 5.41) is 0.650. The number of fused-ring (bicyclic) bond motifs is 1. The smallest absolute Gasteiger partial charge is 0.390 e. The number of amides is 1. The highest BCUT2D eigenvalue weighted by atomic mass is 19.4. The van der Waals surface area contributed by atoms with Gasteiger partial charge in [0, 0.05) is 29.7 Å². The number of benzene rings is 1. The van der Waals surface area contributed by atoms with Gasteiger partial charge >= 0.3 is 6.18 Å². The van der Waals surface area contributed by atoms with Crippen molar-refractivity contribution in [3.8, 4) is 5.75 Å². The molecule has 0 saturated carbocycles. The number of carbonyl (C=O) groups excluding carboxylic acids is 1. The number of hydrogen-bond donors (Lipinski definition) is 1. The molecule has 0 spiro atoms. The number of ether oxygens (including phenoxy) is 1. The van der Waals surface area contributed by atoms with E-state index in [9.17, 15) is 18.0 Å². The number of rotatable bonds is 5. The normalized spacial score (nSPS) is 11.7. The second-order valence-electron chi connectivity index (χ2n) is 5.29. The first-order valence-electron chi connectivity index (χ1n) is 7.29. The van der Waals surface area contributed by atoms with E-state index in [4.69, 9.17) is 4.74 Å². The maximum atomic E-state index is 12.7. The van der Waals surface area contributed by atoms with Crippen molar-refractivity contribution < 1.29 is 22.7 Å². The molecule has 4 nitrogen and oxygen atoms in total. The van der Waals surface area contributed by atoms with Gasteiger partial charge in [0.2, 0.25) is 0 Å². The molecule has 0 atom stereocenters. The maximum Gasteiger partial charge on any atom is 0.390 e. The quantitative estimate of drug-likeness (QED) is 0.905. The fourth-order valence-electron chi connectivity index (χ4n) is 2.53. The molecule has 0 bridgehead atoms.